The third kappa shape index (κ3) is 5.17. The van der Waals surface area contributed by atoms with Gasteiger partial charge in [0.05, 0.1) is 11.4 Å². The van der Waals surface area contributed by atoms with Crippen molar-refractivity contribution in [2.75, 3.05) is 32.7 Å². The fraction of sp³-hybridized carbons (Fsp3) is 0.600. The Balaban J connectivity index is 2.13. The average Bonchev–Trinajstić information content (AvgIpc) is 3.07. The van der Waals surface area contributed by atoms with Crippen LogP contribution in [-0.2, 0) is 4.79 Å². The summed E-state index contributed by atoms with van der Waals surface area (Å²) >= 11 is 1.67. The van der Waals surface area contributed by atoms with E-state index in [9.17, 15) is 4.79 Å². The highest BCUT2D eigenvalue weighted by atomic mass is 32.1. The molecule has 0 radical (unpaired) electrons. The van der Waals surface area contributed by atoms with Gasteiger partial charge in [-0.05, 0) is 38.9 Å². The fourth-order valence-corrected chi connectivity index (χ4v) is 3.95. The van der Waals surface area contributed by atoms with Crippen LogP contribution in [0.2, 0.25) is 0 Å². The summed E-state index contributed by atoms with van der Waals surface area (Å²) in [6.07, 6.45) is 5.69. The maximum Gasteiger partial charge on any atom is 0.246 e. The molecule has 0 spiro atoms. The standard InChI is InChI=1S/C20H32N4OS/c1-7-22(8-2)11-12-23(13-15(3)4)19(25)10-9-18-17(6)21-20-24(18)14-16(5)26-20/h9-10,14-15H,7-8,11-13H2,1-6H3. The maximum atomic E-state index is 12.8. The highest BCUT2D eigenvalue weighted by molar-refractivity contribution is 7.17. The van der Waals surface area contributed by atoms with E-state index in [0.717, 1.165) is 49.1 Å². The second-order valence-corrected chi connectivity index (χ2v) is 8.33. The minimum Gasteiger partial charge on any atom is -0.338 e. The molecular formula is C20H32N4OS. The molecular weight excluding hydrogens is 344 g/mol. The first kappa shape index (κ1) is 20.6. The van der Waals surface area contributed by atoms with E-state index in [4.69, 9.17) is 0 Å². The number of fused-ring (bicyclic) bond motifs is 1. The molecule has 2 aromatic heterocycles. The van der Waals surface area contributed by atoms with Crippen LogP contribution < -0.4 is 0 Å². The average molecular weight is 377 g/mol. The second-order valence-electron chi connectivity index (χ2n) is 7.12. The van der Waals surface area contributed by atoms with Crippen LogP contribution in [-0.4, -0.2) is 57.8 Å². The number of carbonyl (C=O) groups is 1. The molecule has 2 aromatic rings. The van der Waals surface area contributed by atoms with Gasteiger partial charge < -0.3 is 9.80 Å². The van der Waals surface area contributed by atoms with Gasteiger partial charge in [-0.15, -0.1) is 11.3 Å². The molecule has 5 nitrogen and oxygen atoms in total. The molecule has 2 rings (SSSR count). The van der Waals surface area contributed by atoms with Crippen molar-refractivity contribution in [1.29, 1.82) is 0 Å². The number of carbonyl (C=O) groups excluding carboxylic acids is 1. The normalized spacial score (nSPS) is 12.2. The highest BCUT2D eigenvalue weighted by Crippen LogP contribution is 2.21. The number of hydrogen-bond donors (Lipinski definition) is 0. The Hall–Kier alpha value is -1.66. The van der Waals surface area contributed by atoms with Crippen molar-refractivity contribution in [2.24, 2.45) is 5.92 Å². The van der Waals surface area contributed by atoms with Crippen molar-refractivity contribution in [3.63, 3.8) is 0 Å². The van der Waals surface area contributed by atoms with Gasteiger partial charge >= 0.3 is 0 Å². The van der Waals surface area contributed by atoms with Crippen molar-refractivity contribution in [2.45, 2.75) is 41.5 Å². The minimum atomic E-state index is 0.0761. The van der Waals surface area contributed by atoms with Crippen LogP contribution in [0.1, 0.15) is 44.0 Å². The van der Waals surface area contributed by atoms with E-state index in [1.807, 2.05) is 17.9 Å². The third-order valence-electron chi connectivity index (χ3n) is 4.52. The predicted octanol–water partition coefficient (Wildman–Crippen LogP) is 3.85. The van der Waals surface area contributed by atoms with Gasteiger partial charge in [0.15, 0.2) is 4.96 Å². The number of rotatable bonds is 9. The van der Waals surface area contributed by atoms with Crippen LogP contribution >= 0.6 is 11.3 Å². The van der Waals surface area contributed by atoms with Gasteiger partial charge in [0.1, 0.15) is 0 Å². The lowest BCUT2D eigenvalue weighted by atomic mass is 10.2. The first-order valence-corrected chi connectivity index (χ1v) is 10.3. The van der Waals surface area contributed by atoms with E-state index in [-0.39, 0.29) is 5.91 Å². The van der Waals surface area contributed by atoms with Gasteiger partial charge in [0, 0.05) is 36.8 Å². The number of thiazole rings is 1. The molecule has 6 heteroatoms. The Morgan fingerprint density at radius 1 is 1.27 bits per heavy atom. The largest absolute Gasteiger partial charge is 0.338 e. The molecule has 0 atom stereocenters. The molecule has 144 valence electrons. The molecule has 0 aliphatic carbocycles. The highest BCUT2D eigenvalue weighted by Gasteiger charge is 2.15. The molecule has 0 aliphatic heterocycles. The molecule has 0 N–H and O–H groups in total. The minimum absolute atomic E-state index is 0.0761. The number of aryl methyl sites for hydroxylation is 2. The predicted molar refractivity (Wildman–Crippen MR) is 111 cm³/mol. The van der Waals surface area contributed by atoms with Crippen molar-refractivity contribution in [3.05, 3.63) is 28.5 Å². The summed E-state index contributed by atoms with van der Waals surface area (Å²) in [5.41, 5.74) is 1.95. The van der Waals surface area contributed by atoms with Crippen LogP contribution in [0.4, 0.5) is 0 Å². The summed E-state index contributed by atoms with van der Waals surface area (Å²) in [7, 11) is 0. The number of imidazole rings is 1. The smallest absolute Gasteiger partial charge is 0.246 e. The topological polar surface area (TPSA) is 40.8 Å². The van der Waals surface area contributed by atoms with Gasteiger partial charge in [-0.25, -0.2) is 4.98 Å². The van der Waals surface area contributed by atoms with E-state index in [0.29, 0.717) is 5.92 Å². The number of amides is 1. The molecule has 1 amide bonds. The molecule has 0 aromatic carbocycles. The lowest BCUT2D eigenvalue weighted by Crippen LogP contribution is -2.39. The van der Waals surface area contributed by atoms with Crippen molar-refractivity contribution < 1.29 is 4.79 Å². The Morgan fingerprint density at radius 2 is 1.96 bits per heavy atom. The van der Waals surface area contributed by atoms with Gasteiger partial charge in [-0.2, -0.15) is 0 Å². The number of likely N-dealkylation sites (N-methyl/N-ethyl adjacent to an activating group) is 1. The zero-order valence-electron chi connectivity index (χ0n) is 17.0. The lowest BCUT2D eigenvalue weighted by Gasteiger charge is -2.27. The van der Waals surface area contributed by atoms with E-state index in [2.05, 4.69) is 55.1 Å². The monoisotopic (exact) mass is 376 g/mol. The lowest BCUT2D eigenvalue weighted by molar-refractivity contribution is -0.126. The molecule has 0 bridgehead atoms. The van der Waals surface area contributed by atoms with E-state index in [1.165, 1.54) is 4.88 Å². The summed E-state index contributed by atoms with van der Waals surface area (Å²) < 4.78 is 2.07. The Bertz CT molecular complexity index is 755. The van der Waals surface area contributed by atoms with Crippen LogP contribution in [0.3, 0.4) is 0 Å². The summed E-state index contributed by atoms with van der Waals surface area (Å²) in [6, 6.07) is 0. The summed E-state index contributed by atoms with van der Waals surface area (Å²) in [5.74, 6) is 0.527. The Kier molecular flexibility index (Phi) is 7.41. The number of hydrogen-bond acceptors (Lipinski definition) is 4. The quantitative estimate of drug-likeness (QED) is 0.624. The molecule has 0 saturated heterocycles. The molecule has 0 saturated carbocycles. The first-order chi connectivity index (χ1) is 12.3. The van der Waals surface area contributed by atoms with Crippen molar-refractivity contribution in [1.82, 2.24) is 19.2 Å². The van der Waals surface area contributed by atoms with Gasteiger partial charge in [-0.3, -0.25) is 9.20 Å². The number of aromatic nitrogens is 2. The molecule has 0 fully saturated rings. The van der Waals surface area contributed by atoms with Crippen LogP contribution in [0, 0.1) is 19.8 Å². The van der Waals surface area contributed by atoms with E-state index >= 15 is 0 Å². The van der Waals surface area contributed by atoms with Crippen LogP contribution in [0.25, 0.3) is 11.0 Å². The molecule has 26 heavy (non-hydrogen) atoms. The maximum absolute atomic E-state index is 12.8. The zero-order valence-corrected chi connectivity index (χ0v) is 17.8. The first-order valence-electron chi connectivity index (χ1n) is 9.50. The van der Waals surface area contributed by atoms with Crippen LogP contribution in [0.15, 0.2) is 12.3 Å². The second kappa shape index (κ2) is 9.33. The summed E-state index contributed by atoms with van der Waals surface area (Å²) in [6.45, 7) is 17.2. The van der Waals surface area contributed by atoms with E-state index < -0.39 is 0 Å². The van der Waals surface area contributed by atoms with Crippen molar-refractivity contribution in [3.8, 4) is 0 Å². The fourth-order valence-electron chi connectivity index (χ4n) is 3.07. The number of nitrogens with zero attached hydrogens (tertiary/aromatic N) is 4. The molecule has 0 aliphatic rings. The van der Waals surface area contributed by atoms with Crippen molar-refractivity contribution >= 4 is 28.3 Å². The SMILES string of the molecule is CCN(CC)CCN(CC(C)C)C(=O)C=Cc1c(C)nc2sc(C)cn12. The van der Waals surface area contributed by atoms with Crippen LogP contribution in [0.5, 0.6) is 0 Å². The van der Waals surface area contributed by atoms with E-state index in [1.54, 1.807) is 17.4 Å². The molecule has 0 unspecified atom stereocenters. The molecule has 2 heterocycles. The summed E-state index contributed by atoms with van der Waals surface area (Å²) in [4.78, 5) is 23.9. The summed E-state index contributed by atoms with van der Waals surface area (Å²) in [5, 5.41) is 0. The Labute approximate surface area is 161 Å². The Morgan fingerprint density at radius 3 is 2.58 bits per heavy atom. The van der Waals surface area contributed by atoms with Gasteiger partial charge in [-0.1, -0.05) is 27.7 Å². The van der Waals surface area contributed by atoms with Gasteiger partial charge in [0.2, 0.25) is 5.91 Å². The third-order valence-corrected chi connectivity index (χ3v) is 5.42. The van der Waals surface area contributed by atoms with Gasteiger partial charge in [0.25, 0.3) is 0 Å². The zero-order chi connectivity index (χ0) is 19.3.